The Balaban J connectivity index is 2.25. The van der Waals surface area contributed by atoms with Crippen LogP contribution in [0, 0.1) is 18.6 Å². The van der Waals surface area contributed by atoms with E-state index in [0.717, 1.165) is 5.69 Å². The first-order chi connectivity index (χ1) is 9.47. The predicted octanol–water partition coefficient (Wildman–Crippen LogP) is 4.75. The molecule has 2 rings (SSSR count). The Labute approximate surface area is 116 Å². The van der Waals surface area contributed by atoms with E-state index < -0.39 is 11.6 Å². The number of aryl methyl sites for hydroxylation is 1. The number of halogens is 2. The number of nitrogens with zero attached hydrogens (tertiary/aromatic N) is 3. The van der Waals surface area contributed by atoms with E-state index in [4.69, 9.17) is 0 Å². The van der Waals surface area contributed by atoms with Gasteiger partial charge in [0.15, 0.2) is 17.3 Å². The standard InChI is InChI=1S/C15H15F2N3/c1-10-8-13(16)15(14(17)9-10)19-18-11-4-6-12(7-5-11)20(2)3/h4-9H,1-3H3. The molecule has 0 fully saturated rings. The summed E-state index contributed by atoms with van der Waals surface area (Å²) in [5.41, 5.74) is 1.69. The minimum absolute atomic E-state index is 0.368. The highest BCUT2D eigenvalue weighted by atomic mass is 19.1. The van der Waals surface area contributed by atoms with Gasteiger partial charge in [-0.1, -0.05) is 0 Å². The molecule has 2 aromatic rings. The zero-order valence-corrected chi connectivity index (χ0v) is 11.6. The highest BCUT2D eigenvalue weighted by molar-refractivity contribution is 5.52. The normalized spacial score (nSPS) is 11.1. The van der Waals surface area contributed by atoms with E-state index in [9.17, 15) is 8.78 Å². The third-order valence-corrected chi connectivity index (χ3v) is 2.79. The minimum atomic E-state index is -0.712. The first-order valence-electron chi connectivity index (χ1n) is 6.12. The quantitative estimate of drug-likeness (QED) is 0.742. The third kappa shape index (κ3) is 3.17. The zero-order chi connectivity index (χ0) is 14.7. The van der Waals surface area contributed by atoms with Crippen LogP contribution in [-0.4, -0.2) is 14.1 Å². The van der Waals surface area contributed by atoms with Crippen LogP contribution in [0.25, 0.3) is 0 Å². The first-order valence-corrected chi connectivity index (χ1v) is 6.12. The molecule has 0 aliphatic carbocycles. The van der Waals surface area contributed by atoms with E-state index >= 15 is 0 Å². The molecule has 0 saturated heterocycles. The molecule has 0 saturated carbocycles. The molecule has 3 nitrogen and oxygen atoms in total. The maximum absolute atomic E-state index is 13.6. The monoisotopic (exact) mass is 275 g/mol. The van der Waals surface area contributed by atoms with Crippen molar-refractivity contribution in [3.8, 4) is 0 Å². The lowest BCUT2D eigenvalue weighted by molar-refractivity contribution is 0.583. The highest BCUT2D eigenvalue weighted by Crippen LogP contribution is 2.26. The number of azo groups is 1. The maximum atomic E-state index is 13.6. The number of rotatable bonds is 3. The minimum Gasteiger partial charge on any atom is -0.378 e. The van der Waals surface area contributed by atoms with Gasteiger partial charge in [0, 0.05) is 19.8 Å². The van der Waals surface area contributed by atoms with Crippen molar-refractivity contribution in [1.29, 1.82) is 0 Å². The van der Waals surface area contributed by atoms with Crippen LogP contribution in [0.1, 0.15) is 5.56 Å². The molecule has 0 amide bonds. The van der Waals surface area contributed by atoms with Crippen molar-refractivity contribution >= 4 is 17.1 Å². The molecule has 104 valence electrons. The second-order valence-corrected chi connectivity index (χ2v) is 4.69. The molecule has 0 aliphatic heterocycles. The summed E-state index contributed by atoms with van der Waals surface area (Å²) in [6, 6.07) is 9.65. The molecular weight excluding hydrogens is 260 g/mol. The molecule has 2 aromatic carbocycles. The van der Waals surface area contributed by atoms with Crippen LogP contribution in [0.4, 0.5) is 25.8 Å². The van der Waals surface area contributed by atoms with Crippen LogP contribution < -0.4 is 4.90 Å². The number of hydrogen-bond donors (Lipinski definition) is 0. The molecule has 0 heterocycles. The maximum Gasteiger partial charge on any atom is 0.157 e. The molecule has 0 radical (unpaired) electrons. The van der Waals surface area contributed by atoms with E-state index in [2.05, 4.69) is 10.2 Å². The van der Waals surface area contributed by atoms with Crippen molar-refractivity contribution in [2.75, 3.05) is 19.0 Å². The van der Waals surface area contributed by atoms with Gasteiger partial charge in [-0.25, -0.2) is 8.78 Å². The van der Waals surface area contributed by atoms with Crippen molar-refractivity contribution in [2.45, 2.75) is 6.92 Å². The molecular formula is C15H15F2N3. The van der Waals surface area contributed by atoms with Crippen molar-refractivity contribution < 1.29 is 8.78 Å². The fourth-order valence-electron chi connectivity index (χ4n) is 1.71. The Morgan fingerprint density at radius 3 is 1.95 bits per heavy atom. The largest absolute Gasteiger partial charge is 0.378 e. The van der Waals surface area contributed by atoms with E-state index in [1.54, 1.807) is 19.1 Å². The molecule has 0 unspecified atom stereocenters. The highest BCUT2D eigenvalue weighted by Gasteiger charge is 2.09. The predicted molar refractivity (Wildman–Crippen MR) is 76.0 cm³/mol. The Kier molecular flexibility index (Phi) is 4.08. The lowest BCUT2D eigenvalue weighted by Crippen LogP contribution is -2.07. The van der Waals surface area contributed by atoms with Crippen molar-refractivity contribution in [1.82, 2.24) is 0 Å². The molecule has 5 heteroatoms. The van der Waals surface area contributed by atoms with E-state index in [-0.39, 0.29) is 5.69 Å². The topological polar surface area (TPSA) is 28.0 Å². The Morgan fingerprint density at radius 1 is 0.900 bits per heavy atom. The average molecular weight is 275 g/mol. The van der Waals surface area contributed by atoms with Gasteiger partial charge in [-0.3, -0.25) is 0 Å². The van der Waals surface area contributed by atoms with Crippen LogP contribution in [0.15, 0.2) is 46.6 Å². The summed E-state index contributed by atoms with van der Waals surface area (Å²) in [5, 5.41) is 7.51. The average Bonchev–Trinajstić information content (AvgIpc) is 2.38. The number of hydrogen-bond acceptors (Lipinski definition) is 3. The zero-order valence-electron chi connectivity index (χ0n) is 11.6. The lowest BCUT2D eigenvalue weighted by Gasteiger charge is -2.11. The second-order valence-electron chi connectivity index (χ2n) is 4.69. The molecule has 0 aromatic heterocycles. The van der Waals surface area contributed by atoms with Crippen molar-refractivity contribution in [3.63, 3.8) is 0 Å². The van der Waals surface area contributed by atoms with Crippen molar-refractivity contribution in [3.05, 3.63) is 53.6 Å². The summed E-state index contributed by atoms with van der Waals surface area (Å²) in [4.78, 5) is 1.94. The smallest absolute Gasteiger partial charge is 0.157 e. The summed E-state index contributed by atoms with van der Waals surface area (Å²) in [6.45, 7) is 1.62. The van der Waals surface area contributed by atoms with Crippen LogP contribution in [0.5, 0.6) is 0 Å². The summed E-state index contributed by atoms with van der Waals surface area (Å²) in [5.74, 6) is -1.42. The van der Waals surface area contributed by atoms with E-state index in [1.165, 1.54) is 12.1 Å². The SMILES string of the molecule is Cc1cc(F)c(N=Nc2ccc(N(C)C)cc2)c(F)c1. The number of benzene rings is 2. The van der Waals surface area contributed by atoms with Gasteiger partial charge in [0.25, 0.3) is 0 Å². The van der Waals surface area contributed by atoms with Gasteiger partial charge in [-0.05, 0) is 48.9 Å². The summed E-state index contributed by atoms with van der Waals surface area (Å²) < 4.78 is 27.2. The molecule has 0 spiro atoms. The van der Waals surface area contributed by atoms with E-state index in [1.807, 2.05) is 31.1 Å². The summed E-state index contributed by atoms with van der Waals surface area (Å²) >= 11 is 0. The van der Waals surface area contributed by atoms with Gasteiger partial charge in [0.2, 0.25) is 0 Å². The summed E-state index contributed by atoms with van der Waals surface area (Å²) in [6.07, 6.45) is 0. The van der Waals surface area contributed by atoms with Gasteiger partial charge < -0.3 is 4.90 Å². The fraction of sp³-hybridized carbons (Fsp3) is 0.200. The van der Waals surface area contributed by atoms with Gasteiger partial charge >= 0.3 is 0 Å². The Hall–Kier alpha value is -2.30. The van der Waals surface area contributed by atoms with Gasteiger partial charge in [-0.2, -0.15) is 5.11 Å². The van der Waals surface area contributed by atoms with E-state index in [0.29, 0.717) is 11.3 Å². The molecule has 20 heavy (non-hydrogen) atoms. The first kappa shape index (κ1) is 14.1. The Bertz CT molecular complexity index is 611. The lowest BCUT2D eigenvalue weighted by atomic mass is 10.2. The van der Waals surface area contributed by atoms with Crippen molar-refractivity contribution in [2.24, 2.45) is 10.2 Å². The van der Waals surface area contributed by atoms with Gasteiger partial charge in [0.1, 0.15) is 0 Å². The van der Waals surface area contributed by atoms with Crippen LogP contribution in [-0.2, 0) is 0 Å². The van der Waals surface area contributed by atoms with Crippen LogP contribution in [0.2, 0.25) is 0 Å². The third-order valence-electron chi connectivity index (χ3n) is 2.79. The second kappa shape index (κ2) is 5.77. The van der Waals surface area contributed by atoms with Crippen LogP contribution in [0.3, 0.4) is 0 Å². The molecule has 0 aliphatic rings. The van der Waals surface area contributed by atoms with Gasteiger partial charge in [0.05, 0.1) is 5.69 Å². The molecule has 0 bridgehead atoms. The fourth-order valence-corrected chi connectivity index (χ4v) is 1.71. The Morgan fingerprint density at radius 2 is 1.45 bits per heavy atom. The number of anilines is 1. The van der Waals surface area contributed by atoms with Gasteiger partial charge in [-0.15, -0.1) is 5.11 Å². The summed E-state index contributed by atoms with van der Waals surface area (Å²) in [7, 11) is 3.85. The van der Waals surface area contributed by atoms with Crippen LogP contribution >= 0.6 is 0 Å². The molecule has 0 N–H and O–H groups in total. The molecule has 0 atom stereocenters.